The highest BCUT2D eigenvalue weighted by Crippen LogP contribution is 2.53. The first-order chi connectivity index (χ1) is 10.2. The van der Waals surface area contributed by atoms with Crippen LogP contribution in [0.15, 0.2) is 41.2 Å². The number of aromatic nitrogens is 2. The number of nitriles is 1. The number of benzene rings is 1. The number of rotatable bonds is 2. The second kappa shape index (κ2) is 6.37. The maximum Gasteiger partial charge on any atom is 0.145 e. The summed E-state index contributed by atoms with van der Waals surface area (Å²) in [7, 11) is 0. The van der Waals surface area contributed by atoms with E-state index in [0.29, 0.717) is 15.7 Å². The molecule has 0 saturated carbocycles. The van der Waals surface area contributed by atoms with Crippen molar-refractivity contribution in [3.05, 3.63) is 56.8 Å². The third kappa shape index (κ3) is 3.09. The predicted octanol–water partition coefficient (Wildman–Crippen LogP) is 5.06. The fourth-order valence-corrected chi connectivity index (χ4v) is 5.52. The summed E-state index contributed by atoms with van der Waals surface area (Å²) < 4.78 is 2.73. The summed E-state index contributed by atoms with van der Waals surface area (Å²) in [5, 5.41) is 10.9. The number of halogens is 2. The Morgan fingerprint density at radius 3 is 2.95 bits per heavy atom. The van der Waals surface area contributed by atoms with Crippen LogP contribution in [0.3, 0.4) is 0 Å². The van der Waals surface area contributed by atoms with Gasteiger partial charge in [-0.2, -0.15) is 5.26 Å². The van der Waals surface area contributed by atoms with Crippen molar-refractivity contribution >= 4 is 52.4 Å². The minimum Gasteiger partial charge on any atom is -0.296 e. The number of hydrogen-bond acceptors (Lipinski definition) is 4. The molecule has 1 aromatic heterocycles. The molecule has 0 unspecified atom stereocenters. The van der Waals surface area contributed by atoms with Gasteiger partial charge in [0.25, 0.3) is 0 Å². The lowest BCUT2D eigenvalue weighted by Gasteiger charge is -2.10. The van der Waals surface area contributed by atoms with Gasteiger partial charge in [-0.25, -0.2) is 4.98 Å². The second-order valence-electron chi connectivity index (χ2n) is 4.30. The minimum absolute atomic E-state index is 0.224. The van der Waals surface area contributed by atoms with E-state index < -0.39 is 0 Å². The molecule has 0 N–H and O–H groups in total. The van der Waals surface area contributed by atoms with Crippen molar-refractivity contribution in [2.45, 2.75) is 5.25 Å². The van der Waals surface area contributed by atoms with Crippen LogP contribution in [0.25, 0.3) is 5.70 Å². The Balaban J connectivity index is 1.90. The lowest BCUT2D eigenvalue weighted by molar-refractivity contribution is 1.10. The number of hydrogen-bond donors (Lipinski definition) is 0. The molecule has 1 fully saturated rings. The Bertz CT molecular complexity index is 735. The van der Waals surface area contributed by atoms with Gasteiger partial charge >= 0.3 is 0 Å². The van der Waals surface area contributed by atoms with E-state index in [0.717, 1.165) is 15.6 Å². The minimum atomic E-state index is 0.224. The zero-order chi connectivity index (χ0) is 14.8. The molecule has 1 atom stereocenters. The number of thioether (sulfide) groups is 2. The molecule has 21 heavy (non-hydrogen) atoms. The first-order valence-corrected chi connectivity index (χ1v) is 8.68. The summed E-state index contributed by atoms with van der Waals surface area (Å²) in [5.74, 6) is 0.876. The van der Waals surface area contributed by atoms with Crippen LogP contribution in [0.2, 0.25) is 10.0 Å². The van der Waals surface area contributed by atoms with Crippen molar-refractivity contribution in [2.75, 3.05) is 5.75 Å². The normalized spacial score (nSPS) is 20.3. The fraction of sp³-hybridized carbons (Fsp3) is 0.143. The monoisotopic (exact) mass is 360 g/mol. The van der Waals surface area contributed by atoms with Gasteiger partial charge in [-0.1, -0.05) is 29.3 Å². The summed E-state index contributed by atoms with van der Waals surface area (Å²) in [6, 6.07) is 7.80. The maximum atomic E-state index is 9.38. The van der Waals surface area contributed by atoms with Crippen LogP contribution < -0.4 is 0 Å². The molecule has 106 valence electrons. The maximum absolute atomic E-state index is 9.38. The summed E-state index contributed by atoms with van der Waals surface area (Å²) in [4.78, 5) is 3.99. The van der Waals surface area contributed by atoms with E-state index >= 15 is 0 Å². The van der Waals surface area contributed by atoms with Crippen LogP contribution in [0.4, 0.5) is 0 Å². The SMILES string of the molecule is N#C/C(=C1/SC[13C@@H]([13c]2[13cH][13cH][13c](Cl)[13cH][13c]2Cl)S1)n1ccnc1. The molecular formula is C14H9Cl2N3S2. The van der Waals surface area contributed by atoms with Gasteiger partial charge in [0.1, 0.15) is 11.8 Å². The number of allylic oxidation sites excluding steroid dienone is 1. The molecular weight excluding hydrogens is 352 g/mol. The fourth-order valence-electron chi connectivity index (χ4n) is 1.99. The molecule has 2 heterocycles. The summed E-state index contributed by atoms with van der Waals surface area (Å²) in [6.07, 6.45) is 5.07. The Morgan fingerprint density at radius 2 is 2.29 bits per heavy atom. The molecule has 0 radical (unpaired) electrons. The Labute approximate surface area is 141 Å². The molecule has 1 aliphatic heterocycles. The first kappa shape index (κ1) is 14.9. The zero-order valence-corrected chi connectivity index (χ0v) is 13.8. The summed E-state index contributed by atoms with van der Waals surface area (Å²) in [5.41, 5.74) is 1.66. The van der Waals surface area contributed by atoms with E-state index in [9.17, 15) is 5.26 Å². The van der Waals surface area contributed by atoms with E-state index in [1.807, 2.05) is 12.1 Å². The third-order valence-electron chi connectivity index (χ3n) is 2.99. The van der Waals surface area contributed by atoms with Gasteiger partial charge in [0, 0.05) is 33.4 Å². The highest BCUT2D eigenvalue weighted by atomic mass is 35.5. The highest BCUT2D eigenvalue weighted by molar-refractivity contribution is 8.25. The van der Waals surface area contributed by atoms with Gasteiger partial charge in [-0.05, 0) is 17.7 Å². The molecule has 1 aromatic carbocycles. The molecule has 1 aliphatic rings. The average molecular weight is 361 g/mol. The van der Waals surface area contributed by atoms with Gasteiger partial charge in [0.2, 0.25) is 0 Å². The quantitative estimate of drug-likeness (QED) is 0.554. The molecule has 0 bridgehead atoms. The van der Waals surface area contributed by atoms with Crippen molar-refractivity contribution in [3.63, 3.8) is 0 Å². The Morgan fingerprint density at radius 1 is 1.43 bits per heavy atom. The lowest BCUT2D eigenvalue weighted by atomic mass is 10.5. The highest BCUT2D eigenvalue weighted by Gasteiger charge is 2.27. The Kier molecular flexibility index (Phi) is 4.51. The molecule has 3 rings (SSSR count). The summed E-state index contributed by atoms with van der Waals surface area (Å²) >= 11 is 15.5. The number of imidazole rings is 1. The van der Waals surface area contributed by atoms with Gasteiger partial charge in [0.15, 0.2) is 0 Å². The van der Waals surface area contributed by atoms with E-state index in [-0.39, 0.29) is 5.25 Å². The van der Waals surface area contributed by atoms with Crippen molar-refractivity contribution < 1.29 is 0 Å². The Hall–Kier alpha value is -1.06. The second-order valence-corrected chi connectivity index (χ2v) is 7.65. The average Bonchev–Trinajstić information content (AvgIpc) is 3.12. The van der Waals surface area contributed by atoms with Crippen molar-refractivity contribution in [2.24, 2.45) is 0 Å². The molecule has 0 spiro atoms. The van der Waals surface area contributed by atoms with Crippen molar-refractivity contribution in [1.29, 1.82) is 5.26 Å². The van der Waals surface area contributed by atoms with Crippen LogP contribution in [0.5, 0.6) is 0 Å². The third-order valence-corrected chi connectivity index (χ3v) is 6.47. The van der Waals surface area contributed by atoms with Gasteiger partial charge < -0.3 is 0 Å². The van der Waals surface area contributed by atoms with Gasteiger partial charge in [-0.15, -0.1) is 23.5 Å². The standard InChI is InChI=1S/C14H9Cl2N3S2/c15-9-1-2-10(11(16)5-9)13-7-20-14(21-13)12(6-17)19-4-3-18-8-19/h1-5,8,13H,7H2/b14-12+/t13-/m0/s1/i1+1,2+1,5+1,9+1,10+1,11+1,13+1. The van der Waals surface area contributed by atoms with Gasteiger partial charge in [0.05, 0.1) is 10.6 Å². The smallest absolute Gasteiger partial charge is 0.145 e. The molecule has 1 saturated heterocycles. The largest absolute Gasteiger partial charge is 0.296 e. The lowest BCUT2D eigenvalue weighted by Crippen LogP contribution is -1.93. The summed E-state index contributed by atoms with van der Waals surface area (Å²) in [6.45, 7) is 0. The van der Waals surface area contributed by atoms with Gasteiger partial charge in [-0.3, -0.25) is 4.57 Å². The zero-order valence-electron chi connectivity index (χ0n) is 10.7. The molecule has 3 nitrogen and oxygen atoms in total. The van der Waals surface area contributed by atoms with Crippen LogP contribution in [0, 0.1) is 11.3 Å². The van der Waals surface area contributed by atoms with E-state index in [1.165, 1.54) is 0 Å². The topological polar surface area (TPSA) is 41.6 Å². The van der Waals surface area contributed by atoms with E-state index in [2.05, 4.69) is 11.1 Å². The van der Waals surface area contributed by atoms with E-state index in [1.54, 1.807) is 52.9 Å². The van der Waals surface area contributed by atoms with Crippen molar-refractivity contribution in [3.8, 4) is 6.07 Å². The van der Waals surface area contributed by atoms with Crippen LogP contribution in [-0.2, 0) is 0 Å². The molecule has 7 heteroatoms. The van der Waals surface area contributed by atoms with Crippen molar-refractivity contribution in [1.82, 2.24) is 9.55 Å². The van der Waals surface area contributed by atoms with E-state index in [4.69, 9.17) is 23.2 Å². The molecule has 0 amide bonds. The molecule has 0 aliphatic carbocycles. The molecule has 2 aromatic rings. The first-order valence-electron chi connectivity index (χ1n) is 6.06. The van der Waals surface area contributed by atoms with Crippen LogP contribution >= 0.6 is 46.7 Å². The number of nitrogens with zero attached hydrogens (tertiary/aromatic N) is 3. The van der Waals surface area contributed by atoms with Crippen LogP contribution in [-0.4, -0.2) is 15.3 Å². The predicted molar refractivity (Wildman–Crippen MR) is 90.3 cm³/mol. The van der Waals surface area contributed by atoms with Crippen LogP contribution in [0.1, 0.15) is 10.8 Å².